The van der Waals surface area contributed by atoms with E-state index in [-0.39, 0.29) is 5.78 Å². The van der Waals surface area contributed by atoms with Crippen LogP contribution in [0.5, 0.6) is 0 Å². The van der Waals surface area contributed by atoms with Crippen molar-refractivity contribution >= 4 is 17.4 Å². The molecule has 0 aromatic rings. The predicted molar refractivity (Wildman–Crippen MR) is 44.0 cm³/mol. The van der Waals surface area contributed by atoms with Gasteiger partial charge < -0.3 is 0 Å². The first-order valence-corrected chi connectivity index (χ1v) is 3.15. The molecule has 0 unspecified atom stereocenters. The quantitative estimate of drug-likeness (QED) is 0.453. The van der Waals surface area contributed by atoms with Gasteiger partial charge in [0.1, 0.15) is 0 Å². The van der Waals surface area contributed by atoms with Crippen LogP contribution in [0, 0.1) is 0 Å². The third kappa shape index (κ3) is 2.65. The van der Waals surface area contributed by atoms with E-state index in [1.165, 1.54) is 19.1 Å². The second-order valence-electron chi connectivity index (χ2n) is 1.79. The van der Waals surface area contributed by atoms with Gasteiger partial charge in [-0.1, -0.05) is 30.8 Å². The monoisotopic (exact) mass is 156 g/mol. The largest absolute Gasteiger partial charge is 0.294 e. The molecule has 0 bridgehead atoms. The number of rotatable bonds is 3. The molecular formula is C8H9ClO. The molecule has 0 aromatic heterocycles. The number of halogens is 1. The molecule has 0 fully saturated rings. The van der Waals surface area contributed by atoms with Gasteiger partial charge in [0.15, 0.2) is 5.78 Å². The molecule has 0 rings (SSSR count). The Bertz CT molecular complexity index is 201. The maximum absolute atomic E-state index is 10.6. The topological polar surface area (TPSA) is 17.1 Å². The summed E-state index contributed by atoms with van der Waals surface area (Å²) in [7, 11) is 0. The molecule has 0 heterocycles. The van der Waals surface area contributed by atoms with Gasteiger partial charge in [-0.05, 0) is 13.0 Å². The lowest BCUT2D eigenvalue weighted by molar-refractivity contribution is -0.113. The van der Waals surface area contributed by atoms with Crippen LogP contribution in [0.15, 0.2) is 35.9 Å². The fourth-order valence-electron chi connectivity index (χ4n) is 0.372. The Morgan fingerprint density at radius 3 is 2.40 bits per heavy atom. The summed E-state index contributed by atoms with van der Waals surface area (Å²) in [4.78, 5) is 10.6. The highest BCUT2D eigenvalue weighted by molar-refractivity contribution is 6.35. The Hall–Kier alpha value is -0.820. The van der Waals surface area contributed by atoms with E-state index in [1.807, 2.05) is 0 Å². The Labute approximate surface area is 65.7 Å². The van der Waals surface area contributed by atoms with Crippen molar-refractivity contribution in [1.29, 1.82) is 0 Å². The molecule has 54 valence electrons. The number of ketones is 1. The second-order valence-corrected chi connectivity index (χ2v) is 2.19. The van der Waals surface area contributed by atoms with E-state index in [4.69, 9.17) is 11.6 Å². The highest BCUT2D eigenvalue weighted by Gasteiger charge is 2.02. The zero-order valence-electron chi connectivity index (χ0n) is 5.86. The molecule has 2 heteroatoms. The maximum Gasteiger partial charge on any atom is 0.160 e. The molecule has 0 aliphatic carbocycles. The molecule has 0 saturated carbocycles. The summed E-state index contributed by atoms with van der Waals surface area (Å²) in [6.07, 6.45) is 3.04. The van der Waals surface area contributed by atoms with Crippen LogP contribution in [0.3, 0.4) is 0 Å². The fourth-order valence-corrected chi connectivity index (χ4v) is 0.594. The predicted octanol–water partition coefficient (Wildman–Crippen LogP) is 2.44. The first-order chi connectivity index (χ1) is 4.59. The second kappa shape index (κ2) is 4.07. The van der Waals surface area contributed by atoms with E-state index in [0.717, 1.165) is 0 Å². The van der Waals surface area contributed by atoms with Crippen molar-refractivity contribution in [2.24, 2.45) is 0 Å². The first-order valence-electron chi connectivity index (χ1n) is 2.78. The van der Waals surface area contributed by atoms with Crippen molar-refractivity contribution in [3.05, 3.63) is 35.9 Å². The van der Waals surface area contributed by atoms with Crippen LogP contribution in [0.1, 0.15) is 6.92 Å². The standard InChI is InChI=1S/C8H9ClO/c1-4-5-8(9)6(2)7(3)10/h4-5H,1-2H2,3H3. The lowest BCUT2D eigenvalue weighted by atomic mass is 10.2. The minimum Gasteiger partial charge on any atom is -0.294 e. The zero-order chi connectivity index (χ0) is 8.15. The highest BCUT2D eigenvalue weighted by atomic mass is 35.5. The molecule has 0 aromatic carbocycles. The summed E-state index contributed by atoms with van der Waals surface area (Å²) in [6, 6.07) is 0. The summed E-state index contributed by atoms with van der Waals surface area (Å²) in [5, 5.41) is 0.350. The summed E-state index contributed by atoms with van der Waals surface area (Å²) in [5.74, 6) is -0.122. The Kier molecular flexibility index (Phi) is 3.74. The Morgan fingerprint density at radius 2 is 2.10 bits per heavy atom. The Balaban J connectivity index is 4.36. The molecule has 0 atom stereocenters. The van der Waals surface area contributed by atoms with Crippen molar-refractivity contribution in [1.82, 2.24) is 0 Å². The lowest BCUT2D eigenvalue weighted by Crippen LogP contribution is -1.93. The number of hydrogen-bond acceptors (Lipinski definition) is 1. The van der Waals surface area contributed by atoms with Crippen LogP contribution in [0.4, 0.5) is 0 Å². The SMILES string of the molecule is C=CC=C(Cl)C(=C)C(C)=O. The molecule has 0 amide bonds. The Morgan fingerprint density at radius 1 is 1.60 bits per heavy atom. The normalized spacial score (nSPS) is 10.8. The fraction of sp³-hybridized carbons (Fsp3) is 0.125. The average Bonchev–Trinajstić information content (AvgIpc) is 1.87. The van der Waals surface area contributed by atoms with Gasteiger partial charge in [0.2, 0.25) is 0 Å². The van der Waals surface area contributed by atoms with Crippen molar-refractivity contribution in [2.75, 3.05) is 0 Å². The van der Waals surface area contributed by atoms with Crippen LogP contribution in [-0.4, -0.2) is 5.78 Å². The van der Waals surface area contributed by atoms with Crippen LogP contribution in [0.2, 0.25) is 0 Å². The average molecular weight is 157 g/mol. The van der Waals surface area contributed by atoms with Gasteiger partial charge in [-0.15, -0.1) is 0 Å². The molecule has 0 aliphatic heterocycles. The number of allylic oxidation sites excluding steroid dienone is 4. The van der Waals surface area contributed by atoms with Gasteiger partial charge in [0.25, 0.3) is 0 Å². The van der Waals surface area contributed by atoms with Crippen LogP contribution >= 0.6 is 11.6 Å². The minimum atomic E-state index is -0.122. The number of carbonyl (C=O) groups is 1. The van der Waals surface area contributed by atoms with Crippen molar-refractivity contribution in [3.63, 3.8) is 0 Å². The third-order valence-corrected chi connectivity index (χ3v) is 1.33. The molecule has 0 spiro atoms. The summed E-state index contributed by atoms with van der Waals surface area (Å²) in [5.41, 5.74) is 0.321. The molecule has 0 saturated heterocycles. The first kappa shape index (κ1) is 9.18. The molecule has 10 heavy (non-hydrogen) atoms. The maximum atomic E-state index is 10.6. The van der Waals surface area contributed by atoms with E-state index in [0.29, 0.717) is 10.6 Å². The summed E-state index contributed by atoms with van der Waals surface area (Å²) in [6.45, 7) is 8.32. The van der Waals surface area contributed by atoms with E-state index in [9.17, 15) is 4.79 Å². The van der Waals surface area contributed by atoms with Gasteiger partial charge >= 0.3 is 0 Å². The molecule has 0 aliphatic rings. The van der Waals surface area contributed by atoms with Gasteiger partial charge in [-0.2, -0.15) is 0 Å². The van der Waals surface area contributed by atoms with Crippen LogP contribution in [0.25, 0.3) is 0 Å². The highest BCUT2D eigenvalue weighted by Crippen LogP contribution is 2.12. The van der Waals surface area contributed by atoms with Crippen LogP contribution < -0.4 is 0 Å². The minimum absolute atomic E-state index is 0.122. The van der Waals surface area contributed by atoms with Gasteiger partial charge in [-0.3, -0.25) is 4.79 Å². The van der Waals surface area contributed by atoms with E-state index >= 15 is 0 Å². The molecule has 1 nitrogen and oxygen atoms in total. The lowest BCUT2D eigenvalue weighted by Gasteiger charge is -1.95. The summed E-state index contributed by atoms with van der Waals surface area (Å²) >= 11 is 5.60. The van der Waals surface area contributed by atoms with Crippen LogP contribution in [-0.2, 0) is 4.79 Å². The van der Waals surface area contributed by atoms with Crippen molar-refractivity contribution in [2.45, 2.75) is 6.92 Å². The molecule has 0 radical (unpaired) electrons. The third-order valence-electron chi connectivity index (χ3n) is 0.977. The molecule has 0 N–H and O–H groups in total. The van der Waals surface area contributed by atoms with E-state index in [2.05, 4.69) is 13.2 Å². The number of Topliss-reactive ketones (excluding diaryl/α,β-unsaturated/α-hetero) is 1. The molecular weight excluding hydrogens is 148 g/mol. The summed E-state index contributed by atoms with van der Waals surface area (Å²) < 4.78 is 0. The van der Waals surface area contributed by atoms with Gasteiger partial charge in [0, 0.05) is 5.57 Å². The number of carbonyl (C=O) groups excluding carboxylic acids is 1. The smallest absolute Gasteiger partial charge is 0.160 e. The van der Waals surface area contributed by atoms with Gasteiger partial charge in [-0.25, -0.2) is 0 Å². The van der Waals surface area contributed by atoms with Crippen molar-refractivity contribution in [3.8, 4) is 0 Å². The zero-order valence-corrected chi connectivity index (χ0v) is 6.61. The van der Waals surface area contributed by atoms with Crippen molar-refractivity contribution < 1.29 is 4.79 Å². The van der Waals surface area contributed by atoms with E-state index in [1.54, 1.807) is 0 Å². The van der Waals surface area contributed by atoms with E-state index < -0.39 is 0 Å². The number of hydrogen-bond donors (Lipinski definition) is 0. The van der Waals surface area contributed by atoms with Gasteiger partial charge in [0.05, 0.1) is 5.03 Å².